The minimum absolute atomic E-state index is 0. The topological polar surface area (TPSA) is 66.1 Å². The summed E-state index contributed by atoms with van der Waals surface area (Å²) in [5.41, 5.74) is 2.22. The van der Waals surface area contributed by atoms with E-state index in [2.05, 4.69) is 49.5 Å². The van der Waals surface area contributed by atoms with Crippen LogP contribution in [0.1, 0.15) is 43.4 Å². The lowest BCUT2D eigenvalue weighted by Crippen LogP contribution is -2.52. The fraction of sp³-hybridized carbons (Fsp3) is 0.565. The molecule has 2 fully saturated rings. The largest absolute Gasteiger partial charge is 0.490 e. The monoisotopic (exact) mass is 539 g/mol. The molecule has 1 aliphatic carbocycles. The van der Waals surface area contributed by atoms with Gasteiger partial charge in [0.05, 0.1) is 11.8 Å². The Bertz CT molecular complexity index is 783. The minimum Gasteiger partial charge on any atom is -0.490 e. The second-order valence-corrected chi connectivity index (χ2v) is 8.18. The number of ether oxygens (including phenoxy) is 1. The molecule has 8 heteroatoms. The van der Waals surface area contributed by atoms with Crippen LogP contribution in [-0.4, -0.2) is 60.2 Å². The van der Waals surface area contributed by atoms with Crippen molar-refractivity contribution in [3.63, 3.8) is 0 Å². The van der Waals surface area contributed by atoms with Crippen molar-refractivity contribution in [2.24, 2.45) is 4.99 Å². The summed E-state index contributed by atoms with van der Waals surface area (Å²) in [6.45, 7) is 5.47. The van der Waals surface area contributed by atoms with Gasteiger partial charge in [-0.15, -0.1) is 24.0 Å². The van der Waals surface area contributed by atoms with Crippen molar-refractivity contribution in [2.45, 2.75) is 51.3 Å². The van der Waals surface area contributed by atoms with Gasteiger partial charge in [0.25, 0.3) is 0 Å². The van der Waals surface area contributed by atoms with E-state index in [0.29, 0.717) is 6.10 Å². The van der Waals surface area contributed by atoms with Gasteiger partial charge in [-0.2, -0.15) is 0 Å². The zero-order chi connectivity index (χ0) is 20.6. The molecule has 1 saturated carbocycles. The molecule has 0 amide bonds. The lowest BCUT2D eigenvalue weighted by atomic mass is 9.98. The molecular weight excluding hydrogens is 505 g/mol. The lowest BCUT2D eigenvalue weighted by Gasteiger charge is -2.36. The lowest BCUT2D eigenvalue weighted by molar-refractivity contribution is 0.155. The van der Waals surface area contributed by atoms with E-state index in [9.17, 15) is 0 Å². The highest BCUT2D eigenvalue weighted by molar-refractivity contribution is 14.0. The third-order valence-corrected chi connectivity index (χ3v) is 5.99. The first-order valence-corrected chi connectivity index (χ1v) is 11.1. The van der Waals surface area contributed by atoms with E-state index in [1.807, 2.05) is 13.1 Å². The van der Waals surface area contributed by atoms with Crippen LogP contribution in [-0.2, 0) is 13.1 Å². The normalized spacial score (nSPS) is 18.5. The molecule has 31 heavy (non-hydrogen) atoms. The third-order valence-electron chi connectivity index (χ3n) is 5.99. The molecule has 1 aromatic heterocycles. The number of piperazine rings is 1. The number of benzene rings is 1. The van der Waals surface area contributed by atoms with E-state index in [4.69, 9.17) is 9.26 Å². The second-order valence-electron chi connectivity index (χ2n) is 8.18. The van der Waals surface area contributed by atoms with Crippen LogP contribution in [0.3, 0.4) is 0 Å². The number of aliphatic imine (C=N–C) groups is 1. The summed E-state index contributed by atoms with van der Waals surface area (Å²) in [6.07, 6.45) is 8.33. The SMILES string of the molecule is CN=C(NCc1ccc(OC2CCCCC2)cc1)N1CCN(Cc2ccon2)CC1.I. The Balaban J connectivity index is 0.00000272. The van der Waals surface area contributed by atoms with Crippen molar-refractivity contribution in [1.29, 1.82) is 0 Å². The number of hydrogen-bond donors (Lipinski definition) is 1. The molecule has 1 saturated heterocycles. The molecule has 0 bridgehead atoms. The summed E-state index contributed by atoms with van der Waals surface area (Å²) in [5.74, 6) is 1.94. The van der Waals surface area contributed by atoms with Gasteiger partial charge in [-0.05, 0) is 43.4 Å². The molecule has 7 nitrogen and oxygen atoms in total. The fourth-order valence-electron chi connectivity index (χ4n) is 4.24. The van der Waals surface area contributed by atoms with Crippen molar-refractivity contribution in [2.75, 3.05) is 33.2 Å². The molecular formula is C23H34IN5O2. The Hall–Kier alpha value is -1.81. The molecule has 0 spiro atoms. The van der Waals surface area contributed by atoms with E-state index in [-0.39, 0.29) is 24.0 Å². The van der Waals surface area contributed by atoms with Crippen LogP contribution in [0, 0.1) is 0 Å². The molecule has 2 aliphatic rings. The predicted octanol–water partition coefficient (Wildman–Crippen LogP) is 3.90. The molecule has 2 aromatic rings. The van der Waals surface area contributed by atoms with E-state index >= 15 is 0 Å². The number of aromatic nitrogens is 1. The number of nitrogens with zero attached hydrogens (tertiary/aromatic N) is 4. The molecule has 170 valence electrons. The molecule has 1 N–H and O–H groups in total. The Morgan fingerprint density at radius 2 is 1.84 bits per heavy atom. The molecule has 0 unspecified atom stereocenters. The number of rotatable bonds is 6. The molecule has 0 radical (unpaired) electrons. The summed E-state index contributed by atoms with van der Waals surface area (Å²) >= 11 is 0. The van der Waals surface area contributed by atoms with Gasteiger partial charge in [0.2, 0.25) is 0 Å². The van der Waals surface area contributed by atoms with Gasteiger partial charge in [0, 0.05) is 52.4 Å². The van der Waals surface area contributed by atoms with Gasteiger partial charge in [-0.3, -0.25) is 9.89 Å². The maximum Gasteiger partial charge on any atom is 0.194 e. The number of guanidine groups is 1. The first-order chi connectivity index (χ1) is 14.8. The average molecular weight is 539 g/mol. The first kappa shape index (κ1) is 23.8. The van der Waals surface area contributed by atoms with Crippen LogP contribution < -0.4 is 10.1 Å². The van der Waals surface area contributed by atoms with Gasteiger partial charge in [-0.25, -0.2) is 0 Å². The van der Waals surface area contributed by atoms with Gasteiger partial charge < -0.3 is 19.5 Å². The maximum atomic E-state index is 6.13. The number of halogens is 1. The van der Waals surface area contributed by atoms with E-state index in [0.717, 1.165) is 56.7 Å². The summed E-state index contributed by atoms with van der Waals surface area (Å²) in [5, 5.41) is 7.51. The van der Waals surface area contributed by atoms with Crippen LogP contribution in [0.4, 0.5) is 0 Å². The fourth-order valence-corrected chi connectivity index (χ4v) is 4.24. The predicted molar refractivity (Wildman–Crippen MR) is 133 cm³/mol. The average Bonchev–Trinajstić information content (AvgIpc) is 3.30. The Morgan fingerprint density at radius 3 is 2.48 bits per heavy atom. The zero-order valence-electron chi connectivity index (χ0n) is 18.3. The number of hydrogen-bond acceptors (Lipinski definition) is 5. The van der Waals surface area contributed by atoms with Crippen LogP contribution in [0.25, 0.3) is 0 Å². The van der Waals surface area contributed by atoms with Crippen molar-refractivity contribution < 1.29 is 9.26 Å². The van der Waals surface area contributed by atoms with Crippen molar-refractivity contribution >= 4 is 29.9 Å². The van der Waals surface area contributed by atoms with Crippen LogP contribution >= 0.6 is 24.0 Å². The molecule has 1 aromatic carbocycles. The highest BCUT2D eigenvalue weighted by atomic mass is 127. The highest BCUT2D eigenvalue weighted by Crippen LogP contribution is 2.23. The maximum absolute atomic E-state index is 6.13. The van der Waals surface area contributed by atoms with Crippen LogP contribution in [0.15, 0.2) is 46.1 Å². The first-order valence-electron chi connectivity index (χ1n) is 11.1. The zero-order valence-corrected chi connectivity index (χ0v) is 20.7. The van der Waals surface area contributed by atoms with Crippen LogP contribution in [0.5, 0.6) is 5.75 Å². The van der Waals surface area contributed by atoms with Crippen molar-refractivity contribution in [1.82, 2.24) is 20.3 Å². The van der Waals surface area contributed by atoms with E-state index in [1.165, 1.54) is 37.7 Å². The second kappa shape index (κ2) is 12.3. The Morgan fingerprint density at radius 1 is 1.10 bits per heavy atom. The van der Waals surface area contributed by atoms with Gasteiger partial charge in [0.15, 0.2) is 5.96 Å². The highest BCUT2D eigenvalue weighted by Gasteiger charge is 2.20. The van der Waals surface area contributed by atoms with Crippen molar-refractivity contribution in [3.8, 4) is 5.75 Å². The third kappa shape index (κ3) is 7.10. The van der Waals surface area contributed by atoms with E-state index < -0.39 is 0 Å². The number of nitrogens with one attached hydrogen (secondary N) is 1. The molecule has 0 atom stereocenters. The quantitative estimate of drug-likeness (QED) is 0.342. The summed E-state index contributed by atoms with van der Waals surface area (Å²) in [7, 11) is 1.85. The van der Waals surface area contributed by atoms with Gasteiger partial charge in [0.1, 0.15) is 12.0 Å². The smallest absolute Gasteiger partial charge is 0.194 e. The van der Waals surface area contributed by atoms with Crippen molar-refractivity contribution in [3.05, 3.63) is 47.9 Å². The molecule has 4 rings (SSSR count). The van der Waals surface area contributed by atoms with E-state index in [1.54, 1.807) is 6.26 Å². The summed E-state index contributed by atoms with van der Waals surface area (Å²) < 4.78 is 11.1. The Labute approximate surface area is 202 Å². The summed E-state index contributed by atoms with van der Waals surface area (Å²) in [4.78, 5) is 9.20. The van der Waals surface area contributed by atoms with Gasteiger partial charge >= 0.3 is 0 Å². The van der Waals surface area contributed by atoms with Gasteiger partial charge in [-0.1, -0.05) is 23.7 Å². The van der Waals surface area contributed by atoms with Crippen LogP contribution in [0.2, 0.25) is 0 Å². The minimum atomic E-state index is 0. The Kier molecular flexibility index (Phi) is 9.45. The standard InChI is InChI=1S/C23H33N5O2.HI/c1-24-23(28-14-12-27(13-15-28)18-20-11-16-29-26-20)25-17-19-7-9-22(10-8-19)30-21-5-3-2-4-6-21;/h7-11,16,21H,2-6,12-15,17-18H2,1H3,(H,24,25);1H. The molecule has 2 heterocycles. The summed E-state index contributed by atoms with van der Waals surface area (Å²) in [6, 6.07) is 10.4. The molecule has 1 aliphatic heterocycles.